The molecule has 1 atom stereocenters. The van der Waals surface area contributed by atoms with E-state index in [9.17, 15) is 8.42 Å². The van der Waals surface area contributed by atoms with Crippen molar-refractivity contribution in [1.82, 2.24) is 14.5 Å². The summed E-state index contributed by atoms with van der Waals surface area (Å²) < 4.78 is 28.8. The number of halogens is 2. The van der Waals surface area contributed by atoms with Gasteiger partial charge in [0, 0.05) is 29.9 Å². The van der Waals surface area contributed by atoms with Gasteiger partial charge in [0.1, 0.15) is 4.90 Å². The fourth-order valence-corrected chi connectivity index (χ4v) is 3.71. The van der Waals surface area contributed by atoms with Gasteiger partial charge in [0.15, 0.2) is 0 Å². The molecular weight excluding hydrogens is 321 g/mol. The molecule has 1 aromatic carbocycles. The van der Waals surface area contributed by atoms with Crippen molar-refractivity contribution >= 4 is 33.2 Å². The van der Waals surface area contributed by atoms with Crippen LogP contribution < -0.4 is 4.72 Å². The molecule has 0 saturated carbocycles. The number of rotatable bonds is 4. The number of nitrogens with one attached hydrogen (secondary N) is 1. The van der Waals surface area contributed by atoms with Crippen LogP contribution in [0.1, 0.15) is 18.5 Å². The van der Waals surface area contributed by atoms with Crippen molar-refractivity contribution in [3.8, 4) is 0 Å². The molecule has 0 spiro atoms. The molecule has 20 heavy (non-hydrogen) atoms. The van der Waals surface area contributed by atoms with E-state index >= 15 is 0 Å². The molecule has 8 heteroatoms. The second kappa shape index (κ2) is 5.73. The molecule has 2 aromatic rings. The summed E-state index contributed by atoms with van der Waals surface area (Å²) in [6.45, 7) is 1.73. The first-order valence-electron chi connectivity index (χ1n) is 5.75. The van der Waals surface area contributed by atoms with E-state index < -0.39 is 16.1 Å². The second-order valence-electron chi connectivity index (χ2n) is 4.37. The van der Waals surface area contributed by atoms with Crippen molar-refractivity contribution in [1.29, 1.82) is 0 Å². The average molecular weight is 334 g/mol. The van der Waals surface area contributed by atoms with Crippen LogP contribution in [0.25, 0.3) is 0 Å². The van der Waals surface area contributed by atoms with E-state index in [4.69, 9.17) is 23.2 Å². The summed E-state index contributed by atoms with van der Waals surface area (Å²) in [6.07, 6.45) is 3.35. The number of aromatic nitrogens is 2. The quantitative estimate of drug-likeness (QED) is 0.935. The summed E-state index contributed by atoms with van der Waals surface area (Å²) in [5, 5.41) is 4.44. The molecular formula is C12H13Cl2N3O2S. The van der Waals surface area contributed by atoms with E-state index in [-0.39, 0.29) is 9.92 Å². The average Bonchev–Trinajstić information content (AvgIpc) is 2.78. The fraction of sp³-hybridized carbons (Fsp3) is 0.250. The molecule has 1 aromatic heterocycles. The minimum absolute atomic E-state index is 0.0394. The van der Waals surface area contributed by atoms with Crippen molar-refractivity contribution < 1.29 is 8.42 Å². The third-order valence-electron chi connectivity index (χ3n) is 2.74. The molecule has 0 aliphatic rings. The van der Waals surface area contributed by atoms with Gasteiger partial charge in [0.05, 0.1) is 11.2 Å². The Kier molecular flexibility index (Phi) is 4.39. The first-order chi connectivity index (χ1) is 9.29. The fourth-order valence-electron chi connectivity index (χ4n) is 1.71. The van der Waals surface area contributed by atoms with Gasteiger partial charge in [-0.3, -0.25) is 4.68 Å². The lowest BCUT2D eigenvalue weighted by molar-refractivity contribution is 0.567. The van der Waals surface area contributed by atoms with E-state index in [2.05, 4.69) is 9.82 Å². The number of benzene rings is 1. The van der Waals surface area contributed by atoms with Crippen molar-refractivity contribution in [3.05, 3.63) is 46.2 Å². The van der Waals surface area contributed by atoms with Gasteiger partial charge in [-0.05, 0) is 25.1 Å². The Bertz CT molecular complexity index is 728. The Morgan fingerprint density at radius 2 is 2.05 bits per heavy atom. The van der Waals surface area contributed by atoms with Crippen molar-refractivity contribution in [2.75, 3.05) is 0 Å². The maximum Gasteiger partial charge on any atom is 0.242 e. The van der Waals surface area contributed by atoms with E-state index in [1.165, 1.54) is 18.2 Å². The minimum Gasteiger partial charge on any atom is -0.275 e. The number of hydrogen-bond acceptors (Lipinski definition) is 3. The van der Waals surface area contributed by atoms with E-state index in [0.717, 1.165) is 5.56 Å². The van der Waals surface area contributed by atoms with Gasteiger partial charge in [-0.2, -0.15) is 5.10 Å². The molecule has 0 saturated heterocycles. The molecule has 1 heterocycles. The lowest BCUT2D eigenvalue weighted by Gasteiger charge is -2.13. The smallest absolute Gasteiger partial charge is 0.242 e. The first kappa shape index (κ1) is 15.3. The highest BCUT2D eigenvalue weighted by Gasteiger charge is 2.22. The molecule has 2 rings (SSSR count). The van der Waals surface area contributed by atoms with Gasteiger partial charge in [-0.15, -0.1) is 0 Å². The monoisotopic (exact) mass is 333 g/mol. The lowest BCUT2D eigenvalue weighted by Crippen LogP contribution is -2.27. The van der Waals surface area contributed by atoms with Crippen LogP contribution in [0.2, 0.25) is 10.0 Å². The topological polar surface area (TPSA) is 64.0 Å². The number of hydrogen-bond donors (Lipinski definition) is 1. The third kappa shape index (κ3) is 3.32. The maximum absolute atomic E-state index is 12.3. The number of sulfonamides is 1. The van der Waals surface area contributed by atoms with E-state index in [0.29, 0.717) is 5.02 Å². The summed E-state index contributed by atoms with van der Waals surface area (Å²) in [5.74, 6) is 0. The summed E-state index contributed by atoms with van der Waals surface area (Å²) in [6, 6.07) is 3.88. The number of aryl methyl sites for hydroxylation is 1. The predicted octanol–water partition coefficient (Wildman–Crippen LogP) is 2.77. The van der Waals surface area contributed by atoms with Crippen LogP contribution in [0.3, 0.4) is 0 Å². The van der Waals surface area contributed by atoms with E-state index in [1.807, 2.05) is 0 Å². The van der Waals surface area contributed by atoms with Crippen LogP contribution in [-0.4, -0.2) is 18.2 Å². The molecule has 0 aliphatic heterocycles. The lowest BCUT2D eigenvalue weighted by atomic mass is 10.2. The van der Waals surface area contributed by atoms with Gasteiger partial charge in [0.25, 0.3) is 0 Å². The second-order valence-corrected chi connectivity index (χ2v) is 6.89. The normalized spacial score (nSPS) is 13.4. The molecule has 1 N–H and O–H groups in total. The number of nitrogens with zero attached hydrogens (tertiary/aromatic N) is 2. The molecule has 0 aliphatic carbocycles. The van der Waals surface area contributed by atoms with Crippen molar-refractivity contribution in [2.45, 2.75) is 17.9 Å². The van der Waals surface area contributed by atoms with Gasteiger partial charge < -0.3 is 0 Å². The van der Waals surface area contributed by atoms with Crippen LogP contribution >= 0.6 is 23.2 Å². The standard InChI is InChI=1S/C12H13Cl2N3O2S/c1-8(9-6-15-17(2)7-9)16-20(18,19)12-5-10(13)3-4-11(12)14/h3-8,16H,1-2H3/t8-/m1/s1. The maximum atomic E-state index is 12.3. The summed E-state index contributed by atoms with van der Waals surface area (Å²) in [4.78, 5) is -0.0394. The van der Waals surface area contributed by atoms with Crippen LogP contribution in [0.15, 0.2) is 35.5 Å². The molecule has 0 fully saturated rings. The van der Waals surface area contributed by atoms with Gasteiger partial charge in [-0.25, -0.2) is 13.1 Å². The summed E-state index contributed by atoms with van der Waals surface area (Å²) >= 11 is 11.7. The Morgan fingerprint density at radius 1 is 1.35 bits per heavy atom. The Morgan fingerprint density at radius 3 is 2.65 bits per heavy atom. The zero-order chi connectivity index (χ0) is 14.9. The third-order valence-corrected chi connectivity index (χ3v) is 5.00. The largest absolute Gasteiger partial charge is 0.275 e. The highest BCUT2D eigenvalue weighted by Crippen LogP contribution is 2.26. The minimum atomic E-state index is -3.76. The van der Waals surface area contributed by atoms with Gasteiger partial charge in [0.2, 0.25) is 10.0 Å². The van der Waals surface area contributed by atoms with Crippen LogP contribution in [0.5, 0.6) is 0 Å². The molecule has 0 unspecified atom stereocenters. The van der Waals surface area contributed by atoms with Crippen LogP contribution in [-0.2, 0) is 17.1 Å². The molecule has 0 amide bonds. The first-order valence-corrected chi connectivity index (χ1v) is 7.99. The zero-order valence-corrected chi connectivity index (χ0v) is 13.2. The SMILES string of the molecule is C[C@@H](NS(=O)(=O)c1cc(Cl)ccc1Cl)c1cnn(C)c1. The van der Waals surface area contributed by atoms with Crippen molar-refractivity contribution in [2.24, 2.45) is 7.05 Å². The van der Waals surface area contributed by atoms with E-state index in [1.54, 1.807) is 31.0 Å². The Hall–Kier alpha value is -1.08. The van der Waals surface area contributed by atoms with Crippen molar-refractivity contribution in [3.63, 3.8) is 0 Å². The summed E-state index contributed by atoms with van der Waals surface area (Å²) in [7, 11) is -1.99. The predicted molar refractivity (Wildman–Crippen MR) is 78.4 cm³/mol. The summed E-state index contributed by atoms with van der Waals surface area (Å²) in [5.41, 5.74) is 0.759. The Balaban J connectivity index is 2.29. The molecule has 0 radical (unpaired) electrons. The molecule has 108 valence electrons. The highest BCUT2D eigenvalue weighted by atomic mass is 35.5. The Labute approximate surface area is 127 Å². The van der Waals surface area contributed by atoms with Gasteiger partial charge >= 0.3 is 0 Å². The highest BCUT2D eigenvalue weighted by molar-refractivity contribution is 7.89. The van der Waals surface area contributed by atoms with Gasteiger partial charge in [-0.1, -0.05) is 23.2 Å². The van der Waals surface area contributed by atoms with Crippen LogP contribution in [0, 0.1) is 0 Å². The van der Waals surface area contributed by atoms with Crippen LogP contribution in [0.4, 0.5) is 0 Å². The molecule has 5 nitrogen and oxygen atoms in total. The zero-order valence-electron chi connectivity index (χ0n) is 10.8. The molecule has 0 bridgehead atoms.